The molecule has 1 aliphatic carbocycles. The second kappa shape index (κ2) is 7.45. The van der Waals surface area contributed by atoms with E-state index in [1.165, 1.54) is 6.07 Å². The Morgan fingerprint density at radius 1 is 1.22 bits per heavy atom. The minimum Gasteiger partial charge on any atom is -0.370 e. The number of carbonyl (C=O) groups excluding carboxylic acids is 1. The van der Waals surface area contributed by atoms with Gasteiger partial charge in [0.15, 0.2) is 0 Å². The van der Waals surface area contributed by atoms with Gasteiger partial charge < -0.3 is 15.8 Å². The molecule has 2 saturated heterocycles. The number of carbonyl (C=O) groups is 1. The number of nitrogens with zero attached hydrogens (tertiary/aromatic N) is 1. The van der Waals surface area contributed by atoms with Crippen LogP contribution in [-0.4, -0.2) is 48.6 Å². The molecule has 0 bridgehead atoms. The molecule has 3 fully saturated rings. The largest absolute Gasteiger partial charge is 0.370 e. The van der Waals surface area contributed by atoms with Crippen LogP contribution in [0.1, 0.15) is 37.9 Å². The number of benzene rings is 1. The van der Waals surface area contributed by atoms with E-state index in [-0.39, 0.29) is 23.6 Å². The molecule has 148 valence electrons. The highest BCUT2D eigenvalue weighted by Crippen LogP contribution is 2.40. The number of nitrogens with one attached hydrogen (secondary N) is 1. The van der Waals surface area contributed by atoms with E-state index in [2.05, 4.69) is 10.2 Å². The summed E-state index contributed by atoms with van der Waals surface area (Å²) < 4.78 is 33.5. The molecule has 2 aliphatic heterocycles. The third-order valence-electron chi connectivity index (χ3n) is 6.37. The maximum Gasteiger partial charge on any atom is 0.217 e. The Kier molecular flexibility index (Phi) is 5.18. The smallest absolute Gasteiger partial charge is 0.217 e. The van der Waals surface area contributed by atoms with E-state index in [1.807, 2.05) is 0 Å². The van der Waals surface area contributed by atoms with Gasteiger partial charge in [0.2, 0.25) is 5.91 Å². The van der Waals surface area contributed by atoms with Crippen molar-refractivity contribution in [1.82, 2.24) is 10.2 Å². The van der Waals surface area contributed by atoms with Crippen molar-refractivity contribution in [3.05, 3.63) is 35.4 Å². The Hall–Kier alpha value is -1.57. The van der Waals surface area contributed by atoms with Crippen molar-refractivity contribution in [2.24, 2.45) is 17.6 Å². The molecule has 7 heteroatoms. The number of rotatable bonds is 3. The highest BCUT2D eigenvalue weighted by atomic mass is 19.1. The summed E-state index contributed by atoms with van der Waals surface area (Å²) in [5.74, 6) is 0.271. The molecule has 0 radical (unpaired) electrons. The lowest BCUT2D eigenvalue weighted by atomic mass is 9.93. The average Bonchev–Trinajstić information content (AvgIpc) is 3.15. The summed E-state index contributed by atoms with van der Waals surface area (Å²) in [4.78, 5) is 13.7. The number of ether oxygens (including phenoxy) is 1. The van der Waals surface area contributed by atoms with Crippen LogP contribution >= 0.6 is 0 Å². The fourth-order valence-corrected chi connectivity index (χ4v) is 5.19. The molecule has 5 atom stereocenters. The Labute approximate surface area is 158 Å². The molecule has 1 aromatic carbocycles. The quantitative estimate of drug-likeness (QED) is 0.843. The lowest BCUT2D eigenvalue weighted by molar-refractivity contribution is -0.119. The van der Waals surface area contributed by atoms with Crippen LogP contribution < -0.4 is 11.1 Å². The first-order valence-corrected chi connectivity index (χ1v) is 9.74. The summed E-state index contributed by atoms with van der Waals surface area (Å²) in [6, 6.07) is 3.55. The molecule has 1 aromatic rings. The van der Waals surface area contributed by atoms with Crippen LogP contribution in [0.4, 0.5) is 8.78 Å². The Bertz CT molecular complexity index is 702. The van der Waals surface area contributed by atoms with Gasteiger partial charge in [-0.05, 0) is 49.3 Å². The van der Waals surface area contributed by atoms with E-state index in [1.54, 1.807) is 6.92 Å². The number of halogens is 2. The van der Waals surface area contributed by atoms with E-state index in [0.717, 1.165) is 38.1 Å². The van der Waals surface area contributed by atoms with Gasteiger partial charge in [0.05, 0.1) is 6.61 Å². The zero-order valence-corrected chi connectivity index (χ0v) is 15.5. The van der Waals surface area contributed by atoms with Gasteiger partial charge in [0.25, 0.3) is 0 Å². The fraction of sp³-hybridized carbons (Fsp3) is 0.650. The van der Waals surface area contributed by atoms with Gasteiger partial charge in [-0.25, -0.2) is 8.78 Å². The Morgan fingerprint density at radius 3 is 2.56 bits per heavy atom. The first-order chi connectivity index (χ1) is 12.9. The molecule has 4 rings (SSSR count). The van der Waals surface area contributed by atoms with Crippen LogP contribution in [-0.2, 0) is 9.53 Å². The summed E-state index contributed by atoms with van der Waals surface area (Å²) in [7, 11) is 0. The summed E-state index contributed by atoms with van der Waals surface area (Å²) in [5.41, 5.74) is 6.50. The van der Waals surface area contributed by atoms with Crippen molar-refractivity contribution in [1.29, 1.82) is 0 Å². The molecular formula is C20H27F2N3O2. The number of amides is 1. The highest BCUT2D eigenvalue weighted by Gasteiger charge is 2.44. The fourth-order valence-electron chi connectivity index (χ4n) is 5.19. The number of nitrogens with two attached hydrogens (primary N) is 1. The monoisotopic (exact) mass is 379 g/mol. The molecule has 3 N–H and O–H groups in total. The van der Waals surface area contributed by atoms with Crippen LogP contribution in [0.5, 0.6) is 0 Å². The molecule has 1 saturated carbocycles. The highest BCUT2D eigenvalue weighted by molar-refractivity contribution is 5.73. The second-order valence-electron chi connectivity index (χ2n) is 8.32. The maximum absolute atomic E-state index is 14.1. The summed E-state index contributed by atoms with van der Waals surface area (Å²) >= 11 is 0. The van der Waals surface area contributed by atoms with E-state index < -0.39 is 17.7 Å². The number of hydrogen-bond acceptors (Lipinski definition) is 4. The van der Waals surface area contributed by atoms with Gasteiger partial charge in [-0.3, -0.25) is 9.69 Å². The molecule has 2 heterocycles. The van der Waals surface area contributed by atoms with Crippen LogP contribution in [0, 0.1) is 23.5 Å². The van der Waals surface area contributed by atoms with Crippen molar-refractivity contribution in [2.75, 3.05) is 19.7 Å². The van der Waals surface area contributed by atoms with Gasteiger partial charge in [0.1, 0.15) is 17.7 Å². The van der Waals surface area contributed by atoms with E-state index in [0.29, 0.717) is 30.9 Å². The Balaban J connectivity index is 1.35. The summed E-state index contributed by atoms with van der Waals surface area (Å²) in [6.45, 7) is 4.02. The molecule has 5 unspecified atom stereocenters. The molecule has 3 aliphatic rings. The van der Waals surface area contributed by atoms with Crippen molar-refractivity contribution < 1.29 is 18.3 Å². The maximum atomic E-state index is 14.1. The molecule has 0 spiro atoms. The Morgan fingerprint density at radius 2 is 1.93 bits per heavy atom. The van der Waals surface area contributed by atoms with E-state index in [4.69, 9.17) is 10.5 Å². The van der Waals surface area contributed by atoms with Crippen molar-refractivity contribution >= 4 is 5.91 Å². The standard InChI is InChI=1S/C20H27F2N3O2/c1-11(26)24-15-4-12-8-25(9-13(12)5-15)16-7-19(23)20(27-10-16)17-6-14(21)2-3-18(17)22/h2-3,6,12-13,15-16,19-20H,4-5,7-10,23H2,1H3,(H,24,26). The lowest BCUT2D eigenvalue weighted by Gasteiger charge is -2.39. The normalized spacial score (nSPS) is 36.6. The van der Waals surface area contributed by atoms with Gasteiger partial charge in [-0.15, -0.1) is 0 Å². The molecule has 27 heavy (non-hydrogen) atoms. The van der Waals surface area contributed by atoms with Crippen molar-refractivity contribution in [3.8, 4) is 0 Å². The van der Waals surface area contributed by atoms with Gasteiger partial charge >= 0.3 is 0 Å². The molecule has 1 amide bonds. The first kappa shape index (κ1) is 18.8. The van der Waals surface area contributed by atoms with Crippen LogP contribution in [0.2, 0.25) is 0 Å². The zero-order valence-electron chi connectivity index (χ0n) is 15.5. The van der Waals surface area contributed by atoms with E-state index >= 15 is 0 Å². The van der Waals surface area contributed by atoms with Crippen LogP contribution in [0.3, 0.4) is 0 Å². The molecule has 0 aromatic heterocycles. The summed E-state index contributed by atoms with van der Waals surface area (Å²) in [5, 5.41) is 3.04. The van der Waals surface area contributed by atoms with Crippen LogP contribution in [0.15, 0.2) is 18.2 Å². The van der Waals surface area contributed by atoms with Gasteiger partial charge in [-0.1, -0.05) is 0 Å². The van der Waals surface area contributed by atoms with Gasteiger partial charge in [0, 0.05) is 43.7 Å². The van der Waals surface area contributed by atoms with Crippen molar-refractivity contribution in [2.45, 2.75) is 50.4 Å². The molecular weight excluding hydrogens is 352 g/mol. The van der Waals surface area contributed by atoms with E-state index in [9.17, 15) is 13.6 Å². The second-order valence-corrected chi connectivity index (χ2v) is 8.32. The minimum absolute atomic E-state index is 0.0408. The zero-order chi connectivity index (χ0) is 19.1. The van der Waals surface area contributed by atoms with Crippen LogP contribution in [0.25, 0.3) is 0 Å². The third kappa shape index (κ3) is 3.86. The van der Waals surface area contributed by atoms with Gasteiger partial charge in [-0.2, -0.15) is 0 Å². The third-order valence-corrected chi connectivity index (χ3v) is 6.37. The topological polar surface area (TPSA) is 67.6 Å². The molecule has 5 nitrogen and oxygen atoms in total. The lowest BCUT2D eigenvalue weighted by Crippen LogP contribution is -2.49. The van der Waals surface area contributed by atoms with Crippen molar-refractivity contribution in [3.63, 3.8) is 0 Å². The minimum atomic E-state index is -0.608. The predicted octanol–water partition coefficient (Wildman–Crippen LogP) is 1.97. The number of hydrogen-bond donors (Lipinski definition) is 2. The SMILES string of the molecule is CC(=O)NC1CC2CN(C3COC(c4cc(F)ccc4F)C(N)C3)CC2C1. The predicted molar refractivity (Wildman–Crippen MR) is 96.8 cm³/mol. The number of fused-ring (bicyclic) bond motifs is 1. The number of likely N-dealkylation sites (tertiary alicyclic amines) is 1. The average molecular weight is 379 g/mol. The first-order valence-electron chi connectivity index (χ1n) is 9.74. The summed E-state index contributed by atoms with van der Waals surface area (Å²) in [6.07, 6.45) is 2.15.